The van der Waals surface area contributed by atoms with E-state index in [0.717, 1.165) is 85.6 Å². The quantitative estimate of drug-likeness (QED) is 0.211. The van der Waals surface area contributed by atoms with Gasteiger partial charge in [0.2, 0.25) is 0 Å². The summed E-state index contributed by atoms with van der Waals surface area (Å²) in [4.78, 5) is 36.4. The van der Waals surface area contributed by atoms with Gasteiger partial charge in [-0.05, 0) is 49.9 Å². The number of aryl methyl sites for hydroxylation is 1. The first-order valence-electron chi connectivity index (χ1n) is 13.2. The molecule has 37 heavy (non-hydrogen) atoms. The van der Waals surface area contributed by atoms with Gasteiger partial charge in [0, 0.05) is 47.1 Å². The summed E-state index contributed by atoms with van der Waals surface area (Å²) in [6, 6.07) is 15.5. The van der Waals surface area contributed by atoms with Crippen LogP contribution in [0.2, 0.25) is 10.0 Å². The van der Waals surface area contributed by atoms with E-state index in [0.29, 0.717) is 29.3 Å². The Morgan fingerprint density at radius 2 is 1.30 bits per heavy atom. The maximum Gasteiger partial charge on any atom is 0.151 e. The molecule has 2 aliphatic rings. The van der Waals surface area contributed by atoms with Crippen molar-refractivity contribution in [1.29, 1.82) is 0 Å². The summed E-state index contributed by atoms with van der Waals surface area (Å²) in [7, 11) is 0. The van der Waals surface area contributed by atoms with Gasteiger partial charge in [-0.3, -0.25) is 9.59 Å². The Morgan fingerprint density at radius 3 is 1.92 bits per heavy atom. The molecular weight excluding hydrogens is 505 g/mol. The zero-order valence-electron chi connectivity index (χ0n) is 20.9. The molecule has 5 nitrogen and oxygen atoms in total. The number of ketones is 2. The van der Waals surface area contributed by atoms with E-state index in [4.69, 9.17) is 33.2 Å². The maximum absolute atomic E-state index is 11.9. The predicted molar refractivity (Wildman–Crippen MR) is 149 cm³/mol. The third-order valence-electron chi connectivity index (χ3n) is 7.39. The lowest BCUT2D eigenvalue weighted by molar-refractivity contribution is -0.127. The fourth-order valence-corrected chi connectivity index (χ4v) is 5.61. The van der Waals surface area contributed by atoms with Crippen molar-refractivity contribution >= 4 is 40.6 Å². The van der Waals surface area contributed by atoms with Gasteiger partial charge in [-0.15, -0.1) is 0 Å². The number of benzene rings is 2. The average Bonchev–Trinajstić information content (AvgIpc) is 3.23. The van der Waals surface area contributed by atoms with Gasteiger partial charge in [0.25, 0.3) is 0 Å². The van der Waals surface area contributed by atoms with Crippen LogP contribution in [0.4, 0.5) is 5.82 Å². The maximum atomic E-state index is 11.9. The molecule has 0 saturated heterocycles. The Balaban J connectivity index is 1.30. The van der Waals surface area contributed by atoms with Crippen LogP contribution in [0.15, 0.2) is 48.5 Å². The molecule has 0 unspecified atom stereocenters. The van der Waals surface area contributed by atoms with Gasteiger partial charge in [0.15, 0.2) is 5.82 Å². The van der Waals surface area contributed by atoms with Crippen LogP contribution in [0.1, 0.15) is 57.1 Å². The molecule has 1 fully saturated rings. The Kier molecular flexibility index (Phi) is 8.21. The minimum Gasteiger partial charge on any atom is -0.355 e. The molecule has 0 spiro atoms. The lowest BCUT2D eigenvalue weighted by Gasteiger charge is -2.30. The molecule has 192 valence electrons. The number of anilines is 1. The molecule has 0 amide bonds. The molecule has 0 atom stereocenters. The SMILES string of the molecule is O=C1CCC(=O)C1CCCCCCN1CCCc2nc(-c3ccc(Cl)cc3)c(-c3ccc(Cl)cc3)nc21. The average molecular weight is 537 g/mol. The predicted octanol–water partition coefficient (Wildman–Crippen LogP) is 7.37. The number of unbranched alkanes of at least 4 members (excludes halogenated alkanes) is 3. The Hall–Kier alpha value is -2.76. The number of aromatic nitrogens is 2. The van der Waals surface area contributed by atoms with Crippen molar-refractivity contribution < 1.29 is 9.59 Å². The molecule has 2 heterocycles. The van der Waals surface area contributed by atoms with E-state index < -0.39 is 0 Å². The van der Waals surface area contributed by atoms with Gasteiger partial charge in [0.1, 0.15) is 11.6 Å². The molecule has 1 aromatic heterocycles. The normalized spacial score (nSPS) is 15.9. The molecule has 7 heteroatoms. The topological polar surface area (TPSA) is 63.2 Å². The molecule has 0 radical (unpaired) electrons. The van der Waals surface area contributed by atoms with Gasteiger partial charge < -0.3 is 4.90 Å². The highest BCUT2D eigenvalue weighted by Crippen LogP contribution is 2.35. The van der Waals surface area contributed by atoms with Gasteiger partial charge >= 0.3 is 0 Å². The summed E-state index contributed by atoms with van der Waals surface area (Å²) in [6.07, 6.45) is 7.64. The number of hydrogen-bond donors (Lipinski definition) is 0. The highest BCUT2D eigenvalue weighted by molar-refractivity contribution is 6.31. The zero-order chi connectivity index (χ0) is 25.8. The van der Waals surface area contributed by atoms with E-state index in [2.05, 4.69) is 4.90 Å². The van der Waals surface area contributed by atoms with Crippen molar-refractivity contribution in [2.24, 2.45) is 5.92 Å². The minimum absolute atomic E-state index is 0.142. The van der Waals surface area contributed by atoms with Gasteiger partial charge in [-0.1, -0.05) is 66.7 Å². The van der Waals surface area contributed by atoms with Crippen LogP contribution in [-0.2, 0) is 16.0 Å². The first kappa shape index (κ1) is 25.9. The van der Waals surface area contributed by atoms with Crippen LogP contribution in [0.5, 0.6) is 0 Å². The number of halogens is 2. The van der Waals surface area contributed by atoms with Crippen molar-refractivity contribution in [2.75, 3.05) is 18.0 Å². The van der Waals surface area contributed by atoms with E-state index in [-0.39, 0.29) is 17.5 Å². The lowest BCUT2D eigenvalue weighted by Crippen LogP contribution is -2.32. The number of rotatable bonds is 9. The van der Waals surface area contributed by atoms with Crippen molar-refractivity contribution in [1.82, 2.24) is 9.97 Å². The van der Waals surface area contributed by atoms with Gasteiger partial charge in [-0.25, -0.2) is 9.97 Å². The van der Waals surface area contributed by atoms with Gasteiger partial charge in [0.05, 0.1) is 23.0 Å². The highest BCUT2D eigenvalue weighted by Gasteiger charge is 2.31. The Labute approximate surface area is 228 Å². The molecule has 2 aromatic carbocycles. The first-order chi connectivity index (χ1) is 18.0. The number of Topliss-reactive ketones (excluding diaryl/α,β-unsaturated/α-hetero) is 2. The second-order valence-electron chi connectivity index (χ2n) is 9.98. The first-order valence-corrected chi connectivity index (χ1v) is 14.0. The van der Waals surface area contributed by atoms with Crippen LogP contribution in [0, 0.1) is 5.92 Å². The monoisotopic (exact) mass is 535 g/mol. The smallest absolute Gasteiger partial charge is 0.151 e. The Bertz CT molecular complexity index is 1260. The standard InChI is InChI=1S/C30H31Cl2N3O2/c31-22-12-8-20(9-13-22)28-29(21-10-14-23(32)15-11-21)34-30-25(33-28)7-5-19-35(30)18-4-2-1-3-6-24-26(36)16-17-27(24)37/h8-15,24H,1-7,16-19H2. The summed E-state index contributed by atoms with van der Waals surface area (Å²) in [5, 5.41) is 1.38. The molecule has 3 aromatic rings. The molecule has 5 rings (SSSR count). The summed E-state index contributed by atoms with van der Waals surface area (Å²) in [6.45, 7) is 1.89. The minimum atomic E-state index is -0.328. The van der Waals surface area contributed by atoms with Crippen molar-refractivity contribution in [3.05, 3.63) is 64.3 Å². The lowest BCUT2D eigenvalue weighted by atomic mass is 9.97. The fraction of sp³-hybridized carbons (Fsp3) is 0.400. The zero-order valence-corrected chi connectivity index (χ0v) is 22.4. The van der Waals surface area contributed by atoms with Crippen LogP contribution in [0.25, 0.3) is 22.5 Å². The van der Waals surface area contributed by atoms with Crippen LogP contribution < -0.4 is 4.90 Å². The van der Waals surface area contributed by atoms with E-state index in [1.165, 1.54) is 0 Å². The fourth-order valence-electron chi connectivity index (χ4n) is 5.36. The second kappa shape index (κ2) is 11.7. The van der Waals surface area contributed by atoms with E-state index >= 15 is 0 Å². The second-order valence-corrected chi connectivity index (χ2v) is 10.9. The largest absolute Gasteiger partial charge is 0.355 e. The molecule has 1 aliphatic heterocycles. The van der Waals surface area contributed by atoms with Crippen LogP contribution >= 0.6 is 23.2 Å². The number of hydrogen-bond acceptors (Lipinski definition) is 5. The molecule has 0 N–H and O–H groups in total. The van der Waals surface area contributed by atoms with Gasteiger partial charge in [-0.2, -0.15) is 0 Å². The van der Waals surface area contributed by atoms with Crippen LogP contribution in [0.3, 0.4) is 0 Å². The molecule has 1 aliphatic carbocycles. The number of carbonyl (C=O) groups excluding carboxylic acids is 2. The third-order valence-corrected chi connectivity index (χ3v) is 7.89. The number of nitrogens with zero attached hydrogens (tertiary/aromatic N) is 3. The van der Waals surface area contributed by atoms with Crippen molar-refractivity contribution in [3.8, 4) is 22.5 Å². The summed E-state index contributed by atoms with van der Waals surface area (Å²) in [5.74, 6) is 0.923. The Morgan fingerprint density at radius 1 is 0.730 bits per heavy atom. The van der Waals surface area contributed by atoms with Crippen molar-refractivity contribution in [2.45, 2.75) is 57.8 Å². The summed E-state index contributed by atoms with van der Waals surface area (Å²) >= 11 is 12.3. The molecule has 1 saturated carbocycles. The van der Waals surface area contributed by atoms with E-state index in [1.807, 2.05) is 48.5 Å². The number of fused-ring (bicyclic) bond motifs is 1. The van der Waals surface area contributed by atoms with E-state index in [9.17, 15) is 9.59 Å². The number of carbonyl (C=O) groups is 2. The third kappa shape index (κ3) is 6.05. The molecular formula is C30H31Cl2N3O2. The molecule has 0 bridgehead atoms. The van der Waals surface area contributed by atoms with Crippen LogP contribution in [-0.4, -0.2) is 34.6 Å². The highest BCUT2D eigenvalue weighted by atomic mass is 35.5. The summed E-state index contributed by atoms with van der Waals surface area (Å²) < 4.78 is 0. The van der Waals surface area contributed by atoms with Crippen molar-refractivity contribution in [3.63, 3.8) is 0 Å². The summed E-state index contributed by atoms with van der Waals surface area (Å²) in [5.41, 5.74) is 4.70. The van der Waals surface area contributed by atoms with E-state index in [1.54, 1.807) is 0 Å².